The van der Waals surface area contributed by atoms with Crippen LogP contribution in [0, 0.1) is 13.8 Å². The average Bonchev–Trinajstić information content (AvgIpc) is 3.24. The van der Waals surface area contributed by atoms with Gasteiger partial charge in [-0.25, -0.2) is 0 Å². The fraction of sp³-hybridized carbons (Fsp3) is 0.333. The molecule has 0 unspecified atom stereocenters. The van der Waals surface area contributed by atoms with E-state index in [0.717, 1.165) is 35.6 Å². The smallest absolute Gasteiger partial charge is 0.224 e. The number of ether oxygens (including phenoxy) is 2. The SMILES string of the molecule is Cc1ccc(C)c(OCCCCC(=O)Nc2cccc(OCCn3cccn3)c2)c1. The van der Waals surface area contributed by atoms with Crippen molar-refractivity contribution in [3.63, 3.8) is 0 Å². The Morgan fingerprint density at radius 2 is 1.93 bits per heavy atom. The van der Waals surface area contributed by atoms with E-state index >= 15 is 0 Å². The zero-order chi connectivity index (χ0) is 21.2. The molecule has 1 aromatic heterocycles. The van der Waals surface area contributed by atoms with Crippen molar-refractivity contribution in [1.82, 2.24) is 9.78 Å². The molecule has 0 fully saturated rings. The van der Waals surface area contributed by atoms with Gasteiger partial charge in [0.25, 0.3) is 0 Å². The van der Waals surface area contributed by atoms with Gasteiger partial charge in [-0.15, -0.1) is 0 Å². The Labute approximate surface area is 177 Å². The van der Waals surface area contributed by atoms with Crippen LogP contribution >= 0.6 is 0 Å². The molecule has 6 heteroatoms. The van der Waals surface area contributed by atoms with Crippen LogP contribution in [-0.4, -0.2) is 28.9 Å². The highest BCUT2D eigenvalue weighted by Gasteiger charge is 2.05. The zero-order valence-electron chi connectivity index (χ0n) is 17.6. The van der Waals surface area contributed by atoms with E-state index in [1.165, 1.54) is 5.56 Å². The molecule has 0 radical (unpaired) electrons. The number of hydrogen-bond acceptors (Lipinski definition) is 4. The number of hydrogen-bond donors (Lipinski definition) is 1. The van der Waals surface area contributed by atoms with Crippen molar-refractivity contribution >= 4 is 11.6 Å². The monoisotopic (exact) mass is 407 g/mol. The van der Waals surface area contributed by atoms with Crippen molar-refractivity contribution in [2.45, 2.75) is 39.7 Å². The van der Waals surface area contributed by atoms with Gasteiger partial charge in [-0.05, 0) is 62.1 Å². The molecule has 30 heavy (non-hydrogen) atoms. The van der Waals surface area contributed by atoms with E-state index < -0.39 is 0 Å². The van der Waals surface area contributed by atoms with Crippen LogP contribution in [0.5, 0.6) is 11.5 Å². The minimum Gasteiger partial charge on any atom is -0.493 e. The molecule has 0 bridgehead atoms. The first-order valence-corrected chi connectivity index (χ1v) is 10.3. The Kier molecular flexibility index (Phi) is 7.89. The summed E-state index contributed by atoms with van der Waals surface area (Å²) < 4.78 is 13.4. The number of unbranched alkanes of at least 4 members (excludes halogenated alkanes) is 1. The van der Waals surface area contributed by atoms with E-state index in [9.17, 15) is 4.79 Å². The van der Waals surface area contributed by atoms with Crippen molar-refractivity contribution in [3.8, 4) is 11.5 Å². The fourth-order valence-electron chi connectivity index (χ4n) is 3.01. The molecule has 0 saturated heterocycles. The van der Waals surface area contributed by atoms with Crippen LogP contribution in [0.4, 0.5) is 5.69 Å². The van der Waals surface area contributed by atoms with E-state index in [-0.39, 0.29) is 5.91 Å². The Morgan fingerprint density at radius 3 is 2.77 bits per heavy atom. The van der Waals surface area contributed by atoms with Gasteiger partial charge in [0.2, 0.25) is 5.91 Å². The van der Waals surface area contributed by atoms with Gasteiger partial charge >= 0.3 is 0 Å². The highest BCUT2D eigenvalue weighted by atomic mass is 16.5. The minimum absolute atomic E-state index is 0.00423. The van der Waals surface area contributed by atoms with Crippen molar-refractivity contribution < 1.29 is 14.3 Å². The summed E-state index contributed by atoms with van der Waals surface area (Å²) in [6.45, 7) is 5.89. The third-order valence-corrected chi connectivity index (χ3v) is 4.67. The summed E-state index contributed by atoms with van der Waals surface area (Å²) in [5, 5.41) is 7.08. The number of aryl methyl sites for hydroxylation is 2. The molecule has 3 aromatic rings. The maximum Gasteiger partial charge on any atom is 0.224 e. The number of rotatable bonds is 11. The van der Waals surface area contributed by atoms with E-state index in [1.54, 1.807) is 6.20 Å². The first kappa shape index (κ1) is 21.4. The molecule has 0 aliphatic heterocycles. The van der Waals surface area contributed by atoms with Gasteiger partial charge in [0.15, 0.2) is 0 Å². The van der Waals surface area contributed by atoms with Crippen LogP contribution in [0.3, 0.4) is 0 Å². The molecule has 1 amide bonds. The summed E-state index contributed by atoms with van der Waals surface area (Å²) in [7, 11) is 0. The number of aromatic nitrogens is 2. The van der Waals surface area contributed by atoms with Crippen molar-refractivity contribution in [1.29, 1.82) is 0 Å². The van der Waals surface area contributed by atoms with Crippen LogP contribution in [0.1, 0.15) is 30.4 Å². The molecular formula is C24H29N3O3. The largest absolute Gasteiger partial charge is 0.493 e. The third-order valence-electron chi connectivity index (χ3n) is 4.67. The lowest BCUT2D eigenvalue weighted by molar-refractivity contribution is -0.116. The summed E-state index contributed by atoms with van der Waals surface area (Å²) in [6.07, 6.45) is 5.70. The number of carbonyl (C=O) groups is 1. The van der Waals surface area contributed by atoms with Gasteiger partial charge < -0.3 is 14.8 Å². The molecule has 0 spiro atoms. The quantitative estimate of drug-likeness (QED) is 0.465. The fourth-order valence-corrected chi connectivity index (χ4v) is 3.01. The molecule has 0 aliphatic rings. The Balaban J connectivity index is 1.34. The van der Waals surface area contributed by atoms with Crippen LogP contribution in [0.15, 0.2) is 60.9 Å². The van der Waals surface area contributed by atoms with Crippen molar-refractivity contribution in [2.24, 2.45) is 0 Å². The van der Waals surface area contributed by atoms with Gasteiger partial charge in [-0.2, -0.15) is 5.10 Å². The minimum atomic E-state index is -0.00423. The van der Waals surface area contributed by atoms with Gasteiger partial charge in [-0.3, -0.25) is 9.48 Å². The Bertz CT molecular complexity index is 939. The lowest BCUT2D eigenvalue weighted by Gasteiger charge is -2.11. The second-order valence-electron chi connectivity index (χ2n) is 7.27. The van der Waals surface area contributed by atoms with Gasteiger partial charge in [0.1, 0.15) is 18.1 Å². The molecule has 6 nitrogen and oxygen atoms in total. The number of nitrogens with zero attached hydrogens (tertiary/aromatic N) is 2. The summed E-state index contributed by atoms with van der Waals surface area (Å²) >= 11 is 0. The number of amides is 1. The molecule has 2 aromatic carbocycles. The molecule has 0 saturated carbocycles. The van der Waals surface area contributed by atoms with E-state index in [1.807, 2.05) is 54.2 Å². The average molecular weight is 408 g/mol. The van der Waals surface area contributed by atoms with Crippen LogP contribution in [0.25, 0.3) is 0 Å². The third kappa shape index (κ3) is 6.95. The number of benzene rings is 2. The standard InChI is InChI=1S/C24H29N3O3/c1-19-10-11-20(2)23(17-19)30-15-4-3-9-24(28)26-21-7-5-8-22(18-21)29-16-14-27-13-6-12-25-27/h5-8,10-13,17-18H,3-4,9,14-16H2,1-2H3,(H,26,28). The second kappa shape index (κ2) is 11.0. The molecule has 1 heterocycles. The van der Waals surface area contributed by atoms with Crippen LogP contribution in [-0.2, 0) is 11.3 Å². The maximum atomic E-state index is 12.2. The highest BCUT2D eigenvalue weighted by molar-refractivity contribution is 5.90. The van der Waals surface area contributed by atoms with Gasteiger partial charge in [0.05, 0.1) is 13.2 Å². The molecule has 3 rings (SSSR count). The topological polar surface area (TPSA) is 65.4 Å². The van der Waals surface area contributed by atoms with Gasteiger partial charge in [-0.1, -0.05) is 18.2 Å². The Morgan fingerprint density at radius 1 is 1.03 bits per heavy atom. The lowest BCUT2D eigenvalue weighted by atomic mass is 10.1. The zero-order valence-corrected chi connectivity index (χ0v) is 17.6. The molecule has 1 N–H and O–H groups in total. The summed E-state index contributed by atoms with van der Waals surface area (Å²) in [5.74, 6) is 1.64. The lowest BCUT2D eigenvalue weighted by Crippen LogP contribution is -2.12. The van der Waals surface area contributed by atoms with Gasteiger partial charge in [0, 0.05) is 30.6 Å². The maximum absolute atomic E-state index is 12.2. The number of anilines is 1. The van der Waals surface area contributed by atoms with Crippen LogP contribution < -0.4 is 14.8 Å². The highest BCUT2D eigenvalue weighted by Crippen LogP contribution is 2.20. The second-order valence-corrected chi connectivity index (χ2v) is 7.27. The molecule has 158 valence electrons. The Hall–Kier alpha value is -3.28. The summed E-state index contributed by atoms with van der Waals surface area (Å²) in [4.78, 5) is 12.2. The van der Waals surface area contributed by atoms with E-state index in [2.05, 4.69) is 29.5 Å². The molecule has 0 aliphatic carbocycles. The predicted molar refractivity (Wildman–Crippen MR) is 118 cm³/mol. The first-order chi connectivity index (χ1) is 14.6. The number of carbonyl (C=O) groups excluding carboxylic acids is 1. The van der Waals surface area contributed by atoms with Crippen molar-refractivity contribution in [3.05, 3.63) is 72.1 Å². The molecule has 0 atom stereocenters. The predicted octanol–water partition coefficient (Wildman–Crippen LogP) is 4.77. The summed E-state index contributed by atoms with van der Waals surface area (Å²) in [6, 6.07) is 15.5. The first-order valence-electron chi connectivity index (χ1n) is 10.3. The van der Waals surface area contributed by atoms with E-state index in [4.69, 9.17) is 9.47 Å². The summed E-state index contributed by atoms with van der Waals surface area (Å²) in [5.41, 5.74) is 3.05. The van der Waals surface area contributed by atoms with Crippen molar-refractivity contribution in [2.75, 3.05) is 18.5 Å². The number of nitrogens with one attached hydrogen (secondary N) is 1. The normalized spacial score (nSPS) is 10.6. The van der Waals surface area contributed by atoms with Crippen LogP contribution in [0.2, 0.25) is 0 Å². The van der Waals surface area contributed by atoms with E-state index in [0.29, 0.717) is 26.2 Å². The molecular weight excluding hydrogens is 378 g/mol.